The molecule has 0 aromatic carbocycles. The Labute approximate surface area is 62.4 Å². The summed E-state index contributed by atoms with van der Waals surface area (Å²) in [5, 5.41) is 16.4. The van der Waals surface area contributed by atoms with Crippen molar-refractivity contribution in [2.75, 3.05) is 0 Å². The van der Waals surface area contributed by atoms with Crippen molar-refractivity contribution < 1.29 is 0 Å². The standard InChI is InChI=1S/C6H5N3S/c7-2-5-1-4-3-8-9-6(4)10-5/h3,5H,1H2,(H,8,9). The van der Waals surface area contributed by atoms with Crippen LogP contribution >= 0.6 is 11.8 Å². The molecule has 2 rings (SSSR count). The second kappa shape index (κ2) is 2.03. The van der Waals surface area contributed by atoms with E-state index in [1.165, 1.54) is 5.56 Å². The molecule has 0 fully saturated rings. The fourth-order valence-corrected chi connectivity index (χ4v) is 2.00. The highest BCUT2D eigenvalue weighted by molar-refractivity contribution is 8.00. The zero-order valence-electron chi connectivity index (χ0n) is 5.16. The van der Waals surface area contributed by atoms with Gasteiger partial charge in [-0.2, -0.15) is 10.4 Å². The lowest BCUT2D eigenvalue weighted by atomic mass is 10.2. The van der Waals surface area contributed by atoms with Crippen LogP contribution in [-0.2, 0) is 6.42 Å². The van der Waals surface area contributed by atoms with Crippen molar-refractivity contribution in [3.8, 4) is 6.07 Å². The van der Waals surface area contributed by atoms with Crippen molar-refractivity contribution in [2.45, 2.75) is 16.7 Å². The van der Waals surface area contributed by atoms with Crippen LogP contribution in [0.15, 0.2) is 11.2 Å². The SMILES string of the molecule is N#CC1Cc2cn[nH]c2S1. The van der Waals surface area contributed by atoms with E-state index in [4.69, 9.17) is 5.26 Å². The van der Waals surface area contributed by atoms with Crippen molar-refractivity contribution in [1.29, 1.82) is 5.26 Å². The Morgan fingerprint density at radius 1 is 1.90 bits per heavy atom. The molecule has 0 bridgehead atoms. The van der Waals surface area contributed by atoms with Crippen LogP contribution in [0.25, 0.3) is 0 Å². The van der Waals surface area contributed by atoms with Crippen LogP contribution in [-0.4, -0.2) is 15.4 Å². The monoisotopic (exact) mass is 151 g/mol. The normalized spacial score (nSPS) is 22.1. The van der Waals surface area contributed by atoms with Crippen LogP contribution in [0.3, 0.4) is 0 Å². The molecule has 1 aromatic heterocycles. The number of hydrogen-bond donors (Lipinski definition) is 1. The van der Waals surface area contributed by atoms with E-state index in [1.807, 2.05) is 0 Å². The number of nitrogens with zero attached hydrogens (tertiary/aromatic N) is 2. The van der Waals surface area contributed by atoms with Gasteiger partial charge in [-0.05, 0) is 0 Å². The maximum Gasteiger partial charge on any atom is 0.102 e. The van der Waals surface area contributed by atoms with Gasteiger partial charge >= 0.3 is 0 Å². The number of nitriles is 1. The fraction of sp³-hybridized carbons (Fsp3) is 0.333. The van der Waals surface area contributed by atoms with Crippen LogP contribution in [0.1, 0.15) is 5.56 Å². The molecule has 1 aromatic rings. The highest BCUT2D eigenvalue weighted by Crippen LogP contribution is 2.34. The van der Waals surface area contributed by atoms with Gasteiger partial charge in [0.1, 0.15) is 5.25 Å². The number of aromatic amines is 1. The number of H-pyrrole nitrogens is 1. The summed E-state index contributed by atoms with van der Waals surface area (Å²) in [6, 6.07) is 2.21. The van der Waals surface area contributed by atoms with Crippen molar-refractivity contribution in [1.82, 2.24) is 10.2 Å². The van der Waals surface area contributed by atoms with E-state index in [-0.39, 0.29) is 5.25 Å². The zero-order valence-corrected chi connectivity index (χ0v) is 5.98. The third kappa shape index (κ3) is 0.711. The maximum atomic E-state index is 8.55. The summed E-state index contributed by atoms with van der Waals surface area (Å²) in [5.41, 5.74) is 1.18. The third-order valence-electron chi connectivity index (χ3n) is 1.49. The minimum absolute atomic E-state index is 0.101. The van der Waals surface area contributed by atoms with E-state index in [1.54, 1.807) is 18.0 Å². The zero-order chi connectivity index (χ0) is 6.97. The van der Waals surface area contributed by atoms with E-state index >= 15 is 0 Å². The van der Waals surface area contributed by atoms with Crippen LogP contribution in [0.5, 0.6) is 0 Å². The van der Waals surface area contributed by atoms with Crippen LogP contribution in [0, 0.1) is 11.3 Å². The predicted molar refractivity (Wildman–Crippen MR) is 37.5 cm³/mol. The number of nitrogens with one attached hydrogen (secondary N) is 1. The second-order valence-corrected chi connectivity index (χ2v) is 3.38. The van der Waals surface area contributed by atoms with E-state index in [0.717, 1.165) is 11.4 Å². The average molecular weight is 151 g/mol. The van der Waals surface area contributed by atoms with Crippen molar-refractivity contribution in [2.24, 2.45) is 0 Å². The Balaban J connectivity index is 2.31. The molecule has 3 nitrogen and oxygen atoms in total. The first-order valence-electron chi connectivity index (χ1n) is 2.98. The molecule has 1 N–H and O–H groups in total. The highest BCUT2D eigenvalue weighted by Gasteiger charge is 2.22. The predicted octanol–water partition coefficient (Wildman–Crippen LogP) is 0.950. The number of hydrogen-bond acceptors (Lipinski definition) is 3. The van der Waals surface area contributed by atoms with Gasteiger partial charge in [-0.3, -0.25) is 5.10 Å². The molecule has 0 spiro atoms. The summed E-state index contributed by atoms with van der Waals surface area (Å²) >= 11 is 1.56. The smallest absolute Gasteiger partial charge is 0.102 e. The summed E-state index contributed by atoms with van der Waals surface area (Å²) in [6.07, 6.45) is 2.63. The Morgan fingerprint density at radius 2 is 2.80 bits per heavy atom. The molecule has 0 radical (unpaired) electrons. The summed E-state index contributed by atoms with van der Waals surface area (Å²) in [5.74, 6) is 0. The molecular formula is C6H5N3S. The van der Waals surface area contributed by atoms with Crippen LogP contribution in [0.4, 0.5) is 0 Å². The summed E-state index contributed by atoms with van der Waals surface area (Å²) in [6.45, 7) is 0. The van der Waals surface area contributed by atoms with Gasteiger partial charge < -0.3 is 0 Å². The Morgan fingerprint density at radius 3 is 3.50 bits per heavy atom. The molecule has 4 heteroatoms. The van der Waals surface area contributed by atoms with E-state index in [0.29, 0.717) is 0 Å². The van der Waals surface area contributed by atoms with E-state index in [9.17, 15) is 0 Å². The van der Waals surface area contributed by atoms with Gasteiger partial charge in [0, 0.05) is 12.0 Å². The molecule has 1 aliphatic rings. The minimum atomic E-state index is 0.101. The molecule has 0 amide bonds. The quantitative estimate of drug-likeness (QED) is 0.600. The molecule has 0 saturated heterocycles. The largest absolute Gasteiger partial charge is 0.272 e. The molecule has 1 aliphatic heterocycles. The van der Waals surface area contributed by atoms with E-state index in [2.05, 4.69) is 16.3 Å². The van der Waals surface area contributed by atoms with Crippen LogP contribution < -0.4 is 0 Å². The molecular weight excluding hydrogens is 146 g/mol. The summed E-state index contributed by atoms with van der Waals surface area (Å²) in [7, 11) is 0. The van der Waals surface area contributed by atoms with Crippen LogP contribution in [0.2, 0.25) is 0 Å². The number of fused-ring (bicyclic) bond motifs is 1. The Hall–Kier alpha value is -0.950. The molecule has 10 heavy (non-hydrogen) atoms. The number of rotatable bonds is 0. The van der Waals surface area contributed by atoms with Gasteiger partial charge in [-0.1, -0.05) is 11.8 Å². The molecule has 50 valence electrons. The fourth-order valence-electron chi connectivity index (χ4n) is 1.00. The lowest BCUT2D eigenvalue weighted by Crippen LogP contribution is -1.94. The van der Waals surface area contributed by atoms with Gasteiger partial charge in [0.15, 0.2) is 0 Å². The third-order valence-corrected chi connectivity index (χ3v) is 2.63. The van der Waals surface area contributed by atoms with Crippen molar-refractivity contribution >= 4 is 11.8 Å². The lowest BCUT2D eigenvalue weighted by molar-refractivity contribution is 1.00. The average Bonchev–Trinajstić information content (AvgIpc) is 2.42. The van der Waals surface area contributed by atoms with E-state index < -0.39 is 0 Å². The van der Waals surface area contributed by atoms with Gasteiger partial charge in [0.25, 0.3) is 0 Å². The van der Waals surface area contributed by atoms with Crippen molar-refractivity contribution in [3.63, 3.8) is 0 Å². The number of thioether (sulfide) groups is 1. The first kappa shape index (κ1) is 5.81. The Bertz CT molecular complexity index is 265. The molecule has 1 atom stereocenters. The lowest BCUT2D eigenvalue weighted by Gasteiger charge is -1.90. The van der Waals surface area contributed by atoms with Gasteiger partial charge in [-0.25, -0.2) is 0 Å². The number of aromatic nitrogens is 2. The second-order valence-electron chi connectivity index (χ2n) is 2.16. The summed E-state index contributed by atoms with van der Waals surface area (Å²) in [4.78, 5) is 0. The van der Waals surface area contributed by atoms with Gasteiger partial charge in [0.05, 0.1) is 17.3 Å². The van der Waals surface area contributed by atoms with Crippen molar-refractivity contribution in [3.05, 3.63) is 11.8 Å². The Kier molecular flexibility index (Phi) is 1.18. The maximum absolute atomic E-state index is 8.55. The molecule has 2 heterocycles. The van der Waals surface area contributed by atoms with Gasteiger partial charge in [-0.15, -0.1) is 0 Å². The first-order valence-corrected chi connectivity index (χ1v) is 3.86. The van der Waals surface area contributed by atoms with Gasteiger partial charge in [0.2, 0.25) is 0 Å². The highest BCUT2D eigenvalue weighted by atomic mass is 32.2. The molecule has 1 unspecified atom stereocenters. The molecule has 0 saturated carbocycles. The topological polar surface area (TPSA) is 52.5 Å². The summed E-state index contributed by atoms with van der Waals surface area (Å²) < 4.78 is 0. The minimum Gasteiger partial charge on any atom is -0.272 e. The molecule has 0 aliphatic carbocycles. The first-order chi connectivity index (χ1) is 4.90.